The smallest absolute Gasteiger partial charge is 0.253 e. The highest BCUT2D eigenvalue weighted by Gasteiger charge is 2.23. The SMILES string of the molecule is CC(C)C[C@H](NC(=O)c1ccc(-c2csc(C3=CN(CC(N)=O)CC=C3)n2)cc1Br)C(=O)NCC#N. The number of halogens is 1. The number of nitrogens with one attached hydrogen (secondary N) is 2. The van der Waals surface area contributed by atoms with Gasteiger partial charge in [0.25, 0.3) is 5.91 Å². The summed E-state index contributed by atoms with van der Waals surface area (Å²) in [4.78, 5) is 43.1. The average Bonchev–Trinajstić information content (AvgIpc) is 3.32. The number of carbonyl (C=O) groups excluding carboxylic acids is 3. The van der Waals surface area contributed by atoms with Crippen molar-refractivity contribution in [3.63, 3.8) is 0 Å². The van der Waals surface area contributed by atoms with Crippen molar-refractivity contribution in [3.05, 3.63) is 57.0 Å². The van der Waals surface area contributed by atoms with E-state index in [1.54, 1.807) is 12.1 Å². The Kier molecular flexibility index (Phi) is 9.38. The molecule has 36 heavy (non-hydrogen) atoms. The molecule has 0 fully saturated rings. The predicted octanol–water partition coefficient (Wildman–Crippen LogP) is 3.05. The van der Waals surface area contributed by atoms with E-state index in [4.69, 9.17) is 16.0 Å². The number of carbonyl (C=O) groups is 3. The standard InChI is InChI=1S/C25H27BrN6O3S/c1-15(2)10-20(24(35)29-8-7-27)30-23(34)18-6-5-16(11-19(18)26)21-14-36-25(31-21)17-4-3-9-32(12-17)13-22(28)33/h3-6,11-12,14-15,20H,8-10,13H2,1-2H3,(H2,28,33)(H,29,35)(H,30,34)/t20-/m0/s1. The van der Waals surface area contributed by atoms with Crippen molar-refractivity contribution in [1.82, 2.24) is 20.5 Å². The Morgan fingerprint density at radius 3 is 2.78 bits per heavy atom. The molecule has 2 aromatic rings. The van der Waals surface area contributed by atoms with Gasteiger partial charge < -0.3 is 21.3 Å². The van der Waals surface area contributed by atoms with Crippen LogP contribution >= 0.6 is 27.3 Å². The molecule has 3 rings (SSSR count). The molecule has 11 heteroatoms. The van der Waals surface area contributed by atoms with E-state index >= 15 is 0 Å². The third kappa shape index (κ3) is 7.26. The summed E-state index contributed by atoms with van der Waals surface area (Å²) in [5.74, 6) is -1.00. The Labute approximate surface area is 222 Å². The van der Waals surface area contributed by atoms with Gasteiger partial charge in [-0.3, -0.25) is 14.4 Å². The minimum Gasteiger partial charge on any atom is -0.368 e. The number of allylic oxidation sites excluding steroid dienone is 2. The number of benzene rings is 1. The quantitative estimate of drug-likeness (QED) is 0.375. The van der Waals surface area contributed by atoms with E-state index in [9.17, 15) is 14.4 Å². The van der Waals surface area contributed by atoms with Crippen LogP contribution in [0.2, 0.25) is 0 Å². The van der Waals surface area contributed by atoms with E-state index in [0.29, 0.717) is 23.0 Å². The van der Waals surface area contributed by atoms with Crippen LogP contribution in [0, 0.1) is 17.2 Å². The third-order valence-corrected chi connectivity index (χ3v) is 6.80. The molecule has 1 atom stereocenters. The fourth-order valence-corrected chi connectivity index (χ4v) is 5.01. The molecule has 188 valence electrons. The van der Waals surface area contributed by atoms with Gasteiger partial charge in [-0.2, -0.15) is 5.26 Å². The molecule has 4 N–H and O–H groups in total. The molecule has 1 aromatic carbocycles. The molecule has 9 nitrogen and oxygen atoms in total. The molecule has 1 aromatic heterocycles. The topological polar surface area (TPSA) is 141 Å². The highest BCUT2D eigenvalue weighted by molar-refractivity contribution is 9.10. The molecule has 0 spiro atoms. The molecular weight excluding hydrogens is 544 g/mol. The number of amides is 3. The van der Waals surface area contributed by atoms with E-state index in [1.807, 2.05) is 54.6 Å². The van der Waals surface area contributed by atoms with Gasteiger partial charge in [0.05, 0.1) is 23.9 Å². The van der Waals surface area contributed by atoms with Gasteiger partial charge in [-0.25, -0.2) is 4.98 Å². The predicted molar refractivity (Wildman–Crippen MR) is 142 cm³/mol. The largest absolute Gasteiger partial charge is 0.368 e. The van der Waals surface area contributed by atoms with E-state index in [0.717, 1.165) is 21.8 Å². The molecular formula is C25H27BrN6O3S. The van der Waals surface area contributed by atoms with Crippen LogP contribution in [-0.2, 0) is 9.59 Å². The second-order valence-electron chi connectivity index (χ2n) is 8.65. The van der Waals surface area contributed by atoms with Crippen LogP contribution in [0.4, 0.5) is 0 Å². The second-order valence-corrected chi connectivity index (χ2v) is 10.4. The Morgan fingerprint density at radius 2 is 2.11 bits per heavy atom. The first kappa shape index (κ1) is 27.1. The maximum Gasteiger partial charge on any atom is 0.253 e. The van der Waals surface area contributed by atoms with Gasteiger partial charge in [0.1, 0.15) is 17.6 Å². The maximum absolute atomic E-state index is 12.9. The molecule has 2 heterocycles. The van der Waals surface area contributed by atoms with Crippen molar-refractivity contribution >= 4 is 50.6 Å². The number of hydrogen-bond donors (Lipinski definition) is 3. The monoisotopic (exact) mass is 570 g/mol. The Morgan fingerprint density at radius 1 is 1.33 bits per heavy atom. The molecule has 1 aliphatic rings. The Balaban J connectivity index is 1.75. The number of nitriles is 1. The van der Waals surface area contributed by atoms with Crippen LogP contribution < -0.4 is 16.4 Å². The lowest BCUT2D eigenvalue weighted by molar-refractivity contribution is -0.123. The van der Waals surface area contributed by atoms with Crippen molar-refractivity contribution < 1.29 is 14.4 Å². The molecule has 0 radical (unpaired) electrons. The number of nitrogens with two attached hydrogens (primary N) is 1. The van der Waals surface area contributed by atoms with Gasteiger partial charge in [0, 0.05) is 33.7 Å². The summed E-state index contributed by atoms with van der Waals surface area (Å²) in [6.07, 6.45) is 6.23. The number of rotatable bonds is 10. The van der Waals surface area contributed by atoms with Crippen molar-refractivity contribution in [1.29, 1.82) is 5.26 Å². The van der Waals surface area contributed by atoms with Crippen molar-refractivity contribution in [2.24, 2.45) is 11.7 Å². The first-order valence-electron chi connectivity index (χ1n) is 11.3. The zero-order chi connectivity index (χ0) is 26.2. The summed E-state index contributed by atoms with van der Waals surface area (Å²) in [5, 5.41) is 16.7. The Bertz CT molecular complexity index is 1250. The molecule has 1 aliphatic heterocycles. The van der Waals surface area contributed by atoms with Gasteiger partial charge in [-0.15, -0.1) is 11.3 Å². The van der Waals surface area contributed by atoms with Crippen LogP contribution in [0.1, 0.15) is 35.6 Å². The number of primary amides is 1. The lowest BCUT2D eigenvalue weighted by atomic mass is 10.0. The zero-order valence-electron chi connectivity index (χ0n) is 20.0. The van der Waals surface area contributed by atoms with E-state index in [2.05, 4.69) is 26.6 Å². The summed E-state index contributed by atoms with van der Waals surface area (Å²) in [5.41, 5.74) is 8.15. The molecule has 0 saturated heterocycles. The minimum atomic E-state index is -0.746. The number of thiazole rings is 1. The fraction of sp³-hybridized carbons (Fsp3) is 0.320. The average molecular weight is 572 g/mol. The van der Waals surface area contributed by atoms with E-state index < -0.39 is 17.9 Å². The summed E-state index contributed by atoms with van der Waals surface area (Å²) < 4.78 is 0.567. The second kappa shape index (κ2) is 12.5. The van der Waals surface area contributed by atoms with Crippen molar-refractivity contribution in [2.45, 2.75) is 26.3 Å². The van der Waals surface area contributed by atoms with Gasteiger partial charge in [0.15, 0.2) is 0 Å². The van der Waals surface area contributed by atoms with Crippen LogP contribution in [0.5, 0.6) is 0 Å². The molecule has 3 amide bonds. The maximum atomic E-state index is 12.9. The first-order chi connectivity index (χ1) is 17.2. The summed E-state index contributed by atoms with van der Waals surface area (Å²) >= 11 is 4.95. The molecule has 0 saturated carbocycles. The zero-order valence-corrected chi connectivity index (χ0v) is 22.4. The lowest BCUT2D eigenvalue weighted by Crippen LogP contribution is -2.47. The van der Waals surface area contributed by atoms with Crippen molar-refractivity contribution in [3.8, 4) is 17.3 Å². The van der Waals surface area contributed by atoms with Crippen LogP contribution in [0.25, 0.3) is 16.8 Å². The number of nitrogens with zero attached hydrogens (tertiary/aromatic N) is 3. The molecule has 0 bridgehead atoms. The van der Waals surface area contributed by atoms with E-state index in [1.165, 1.54) is 11.3 Å². The van der Waals surface area contributed by atoms with Gasteiger partial charge in [0.2, 0.25) is 11.8 Å². The summed E-state index contributed by atoms with van der Waals surface area (Å²) in [6.45, 7) is 4.54. The molecule has 0 aliphatic carbocycles. The van der Waals surface area contributed by atoms with Gasteiger partial charge >= 0.3 is 0 Å². The van der Waals surface area contributed by atoms with Gasteiger partial charge in [-0.05, 0) is 40.4 Å². The number of aromatic nitrogens is 1. The Hall–Kier alpha value is -3.49. The van der Waals surface area contributed by atoms with Crippen LogP contribution in [-0.4, -0.2) is 53.3 Å². The van der Waals surface area contributed by atoms with Crippen molar-refractivity contribution in [2.75, 3.05) is 19.6 Å². The molecule has 0 unspecified atom stereocenters. The first-order valence-corrected chi connectivity index (χ1v) is 13.0. The highest BCUT2D eigenvalue weighted by Crippen LogP contribution is 2.31. The summed E-state index contributed by atoms with van der Waals surface area (Å²) in [6, 6.07) is 6.42. The summed E-state index contributed by atoms with van der Waals surface area (Å²) in [7, 11) is 0. The highest BCUT2D eigenvalue weighted by atomic mass is 79.9. The normalized spacial score (nSPS) is 13.6. The number of hydrogen-bond acceptors (Lipinski definition) is 7. The minimum absolute atomic E-state index is 0.118. The van der Waals surface area contributed by atoms with Crippen LogP contribution in [0.3, 0.4) is 0 Å². The lowest BCUT2D eigenvalue weighted by Gasteiger charge is -2.20. The fourth-order valence-electron chi connectivity index (χ4n) is 3.63. The van der Waals surface area contributed by atoms with E-state index in [-0.39, 0.29) is 24.9 Å². The van der Waals surface area contributed by atoms with Crippen LogP contribution in [0.15, 0.2) is 46.4 Å². The third-order valence-electron chi connectivity index (χ3n) is 5.25. The van der Waals surface area contributed by atoms with Gasteiger partial charge in [-0.1, -0.05) is 32.1 Å².